The van der Waals surface area contributed by atoms with E-state index in [9.17, 15) is 17.6 Å². The number of benzene rings is 1. The van der Waals surface area contributed by atoms with Crippen molar-refractivity contribution in [1.82, 2.24) is 8.87 Å². The summed E-state index contributed by atoms with van der Waals surface area (Å²) in [6.45, 7) is 2.55. The number of hydrogen-bond donors (Lipinski definition) is 0. The van der Waals surface area contributed by atoms with Crippen LogP contribution in [0.25, 0.3) is 0 Å². The molecule has 1 fully saturated rings. The van der Waals surface area contributed by atoms with Gasteiger partial charge in [0.1, 0.15) is 17.7 Å². The molecule has 8 heteroatoms. The van der Waals surface area contributed by atoms with E-state index in [0.29, 0.717) is 37.2 Å². The predicted octanol–water partition coefficient (Wildman–Crippen LogP) is 2.21. The number of hydrogen-bond acceptors (Lipinski definition) is 4. The van der Waals surface area contributed by atoms with Gasteiger partial charge in [-0.25, -0.2) is 17.1 Å². The van der Waals surface area contributed by atoms with Crippen molar-refractivity contribution in [2.24, 2.45) is 7.05 Å². The van der Waals surface area contributed by atoms with Crippen LogP contribution < -0.4 is 10.3 Å². The number of piperidine rings is 1. The Morgan fingerprint density at radius 2 is 1.78 bits per heavy atom. The minimum atomic E-state index is -3.46. The third kappa shape index (κ3) is 4.75. The summed E-state index contributed by atoms with van der Waals surface area (Å²) in [6.07, 6.45) is 0.974. The SMILES string of the molecule is Cc1cc(OC2CCN(S(=O)(=O)Cc3ccc(F)cc3)CC2)cc(=O)n1C. The molecule has 0 N–H and O–H groups in total. The molecule has 27 heavy (non-hydrogen) atoms. The fraction of sp³-hybridized carbons (Fsp3) is 0.421. The minimum Gasteiger partial charge on any atom is -0.490 e. The van der Waals surface area contributed by atoms with Crippen LogP contribution in [-0.4, -0.2) is 36.5 Å². The van der Waals surface area contributed by atoms with Gasteiger partial charge in [-0.15, -0.1) is 0 Å². The number of ether oxygens (including phenoxy) is 1. The zero-order valence-electron chi connectivity index (χ0n) is 15.4. The summed E-state index contributed by atoms with van der Waals surface area (Å²) >= 11 is 0. The summed E-state index contributed by atoms with van der Waals surface area (Å²) in [5, 5.41) is 0. The highest BCUT2D eigenvalue weighted by Crippen LogP contribution is 2.22. The number of aromatic nitrogens is 1. The summed E-state index contributed by atoms with van der Waals surface area (Å²) in [5.74, 6) is -0.0180. The van der Waals surface area contributed by atoms with Gasteiger partial charge in [-0.05, 0) is 43.5 Å². The summed E-state index contributed by atoms with van der Waals surface area (Å²) in [5.41, 5.74) is 1.23. The molecule has 0 aliphatic carbocycles. The number of nitrogens with zero attached hydrogens (tertiary/aromatic N) is 2. The molecule has 1 aliphatic heterocycles. The van der Waals surface area contributed by atoms with E-state index in [4.69, 9.17) is 4.74 Å². The molecule has 3 rings (SSSR count). The average molecular weight is 394 g/mol. The molecule has 0 spiro atoms. The minimum absolute atomic E-state index is 0.131. The van der Waals surface area contributed by atoms with Crippen LogP contribution in [0.5, 0.6) is 5.75 Å². The first-order chi connectivity index (χ1) is 12.7. The highest BCUT2D eigenvalue weighted by atomic mass is 32.2. The zero-order chi connectivity index (χ0) is 19.6. The standard InChI is InChI=1S/C19H23FN2O4S/c1-14-11-18(12-19(23)21(14)2)26-17-7-9-22(10-8-17)27(24,25)13-15-3-5-16(20)6-4-15/h3-6,11-12,17H,7-10,13H2,1-2H3. The first kappa shape index (κ1) is 19.6. The Morgan fingerprint density at radius 1 is 1.15 bits per heavy atom. The molecule has 1 aliphatic rings. The largest absolute Gasteiger partial charge is 0.490 e. The van der Waals surface area contributed by atoms with E-state index in [1.807, 2.05) is 6.92 Å². The van der Waals surface area contributed by atoms with Gasteiger partial charge >= 0.3 is 0 Å². The van der Waals surface area contributed by atoms with Crippen molar-refractivity contribution in [3.63, 3.8) is 0 Å². The molecule has 6 nitrogen and oxygen atoms in total. The van der Waals surface area contributed by atoms with Crippen LogP contribution in [0.4, 0.5) is 4.39 Å². The fourth-order valence-electron chi connectivity index (χ4n) is 3.11. The van der Waals surface area contributed by atoms with Gasteiger partial charge in [-0.3, -0.25) is 4.79 Å². The molecule has 0 atom stereocenters. The Kier molecular flexibility index (Phi) is 5.67. The van der Waals surface area contributed by atoms with Crippen LogP contribution in [0.1, 0.15) is 24.1 Å². The van der Waals surface area contributed by atoms with Crippen LogP contribution in [-0.2, 0) is 22.8 Å². The molecule has 0 radical (unpaired) electrons. The van der Waals surface area contributed by atoms with Gasteiger partial charge in [-0.2, -0.15) is 0 Å². The molecule has 2 heterocycles. The molecular weight excluding hydrogens is 371 g/mol. The fourth-order valence-corrected chi connectivity index (χ4v) is 4.67. The highest BCUT2D eigenvalue weighted by Gasteiger charge is 2.29. The maximum absolute atomic E-state index is 13.0. The number of pyridine rings is 1. The van der Waals surface area contributed by atoms with E-state index in [1.54, 1.807) is 13.1 Å². The second-order valence-corrected chi connectivity index (χ2v) is 8.80. The first-order valence-electron chi connectivity index (χ1n) is 8.81. The quantitative estimate of drug-likeness (QED) is 0.780. The summed E-state index contributed by atoms with van der Waals surface area (Å²) < 4.78 is 47.0. The van der Waals surface area contributed by atoms with Crippen molar-refractivity contribution in [3.8, 4) is 5.75 Å². The molecule has 0 unspecified atom stereocenters. The first-order valence-corrected chi connectivity index (χ1v) is 10.4. The van der Waals surface area contributed by atoms with Crippen LogP contribution >= 0.6 is 0 Å². The molecular formula is C19H23FN2O4S. The Balaban J connectivity index is 1.59. The lowest BCUT2D eigenvalue weighted by Crippen LogP contribution is -2.42. The number of rotatable bonds is 5. The molecule has 1 saturated heterocycles. The van der Waals surface area contributed by atoms with E-state index >= 15 is 0 Å². The van der Waals surface area contributed by atoms with Crippen LogP contribution in [0.2, 0.25) is 0 Å². The second-order valence-electron chi connectivity index (χ2n) is 6.83. The Labute approximate surface area is 158 Å². The normalized spacial score (nSPS) is 16.4. The topological polar surface area (TPSA) is 68.6 Å². The molecule has 1 aromatic heterocycles. The monoisotopic (exact) mass is 394 g/mol. The molecule has 146 valence electrons. The number of sulfonamides is 1. The summed E-state index contributed by atoms with van der Waals surface area (Å²) in [4.78, 5) is 11.9. The van der Waals surface area contributed by atoms with E-state index in [1.165, 1.54) is 39.2 Å². The number of aryl methyl sites for hydroxylation is 1. The molecule has 0 saturated carbocycles. The third-order valence-electron chi connectivity index (χ3n) is 4.84. The molecule has 2 aromatic rings. The molecule has 0 amide bonds. The van der Waals surface area contributed by atoms with Crippen molar-refractivity contribution in [2.45, 2.75) is 31.6 Å². The Hall–Kier alpha value is -2.19. The van der Waals surface area contributed by atoms with E-state index in [2.05, 4.69) is 0 Å². The second kappa shape index (κ2) is 7.82. The van der Waals surface area contributed by atoms with Gasteiger partial charge in [0.05, 0.1) is 5.75 Å². The zero-order valence-corrected chi connectivity index (χ0v) is 16.2. The van der Waals surface area contributed by atoms with Gasteiger partial charge in [0.15, 0.2) is 0 Å². The average Bonchev–Trinajstić information content (AvgIpc) is 2.62. The Morgan fingerprint density at radius 3 is 2.37 bits per heavy atom. The maximum Gasteiger partial charge on any atom is 0.254 e. The smallest absolute Gasteiger partial charge is 0.254 e. The van der Waals surface area contributed by atoms with Crippen molar-refractivity contribution in [2.75, 3.05) is 13.1 Å². The number of halogens is 1. The van der Waals surface area contributed by atoms with Gasteiger partial charge in [-0.1, -0.05) is 12.1 Å². The van der Waals surface area contributed by atoms with E-state index in [-0.39, 0.29) is 23.2 Å². The highest BCUT2D eigenvalue weighted by molar-refractivity contribution is 7.88. The third-order valence-corrected chi connectivity index (χ3v) is 6.69. The van der Waals surface area contributed by atoms with Gasteiger partial charge < -0.3 is 9.30 Å². The lowest BCUT2D eigenvalue weighted by Gasteiger charge is -2.31. The van der Waals surface area contributed by atoms with Crippen molar-refractivity contribution in [3.05, 3.63) is 63.8 Å². The maximum atomic E-state index is 13.0. The molecule has 0 bridgehead atoms. The van der Waals surface area contributed by atoms with Gasteiger partial charge in [0.25, 0.3) is 5.56 Å². The lowest BCUT2D eigenvalue weighted by molar-refractivity contribution is 0.134. The van der Waals surface area contributed by atoms with Crippen molar-refractivity contribution < 1.29 is 17.5 Å². The van der Waals surface area contributed by atoms with Crippen molar-refractivity contribution >= 4 is 10.0 Å². The van der Waals surface area contributed by atoms with E-state index < -0.39 is 10.0 Å². The Bertz CT molecular complexity index is 962. The van der Waals surface area contributed by atoms with Gasteiger partial charge in [0, 0.05) is 31.9 Å². The predicted molar refractivity (Wildman–Crippen MR) is 101 cm³/mol. The summed E-state index contributed by atoms with van der Waals surface area (Å²) in [6, 6.07) is 8.75. The van der Waals surface area contributed by atoms with Crippen LogP contribution in [0.15, 0.2) is 41.2 Å². The van der Waals surface area contributed by atoms with E-state index in [0.717, 1.165) is 5.69 Å². The van der Waals surface area contributed by atoms with Crippen LogP contribution in [0, 0.1) is 12.7 Å². The molecule has 1 aromatic carbocycles. The van der Waals surface area contributed by atoms with Gasteiger partial charge in [0.2, 0.25) is 10.0 Å². The van der Waals surface area contributed by atoms with Crippen LogP contribution in [0.3, 0.4) is 0 Å². The lowest BCUT2D eigenvalue weighted by atomic mass is 10.1. The van der Waals surface area contributed by atoms with Crippen molar-refractivity contribution in [1.29, 1.82) is 0 Å². The summed E-state index contributed by atoms with van der Waals surface area (Å²) in [7, 11) is -1.76.